The molecule has 39 heavy (non-hydrogen) atoms. The Morgan fingerprint density at radius 1 is 1.08 bits per heavy atom. The molecule has 0 atom stereocenters. The van der Waals surface area contributed by atoms with Crippen molar-refractivity contribution in [3.05, 3.63) is 94.9 Å². The summed E-state index contributed by atoms with van der Waals surface area (Å²) in [7, 11) is -2.52. The molecular weight excluding hydrogens is 540 g/mol. The number of esters is 1. The van der Waals surface area contributed by atoms with E-state index in [1.807, 2.05) is 18.2 Å². The molecule has 0 saturated carbocycles. The third kappa shape index (κ3) is 5.90. The molecule has 1 aromatic heterocycles. The van der Waals surface area contributed by atoms with Crippen LogP contribution in [-0.4, -0.2) is 51.6 Å². The van der Waals surface area contributed by atoms with Crippen molar-refractivity contribution in [2.24, 2.45) is 0 Å². The van der Waals surface area contributed by atoms with E-state index in [-0.39, 0.29) is 35.9 Å². The van der Waals surface area contributed by atoms with Crippen LogP contribution in [0.25, 0.3) is 0 Å². The van der Waals surface area contributed by atoms with Crippen molar-refractivity contribution >= 4 is 38.2 Å². The number of fused-ring (bicyclic) bond motifs is 1. The molecule has 0 spiro atoms. The van der Waals surface area contributed by atoms with Crippen molar-refractivity contribution in [1.29, 1.82) is 0 Å². The second-order valence-corrected chi connectivity index (χ2v) is 11.6. The van der Waals surface area contributed by atoms with E-state index in [4.69, 9.17) is 14.2 Å². The summed E-state index contributed by atoms with van der Waals surface area (Å²) in [5.74, 6) is 0.278. The molecule has 1 aliphatic rings. The van der Waals surface area contributed by atoms with Crippen molar-refractivity contribution in [2.75, 3.05) is 32.3 Å². The lowest BCUT2D eigenvalue weighted by atomic mass is 10.1. The predicted octanol–water partition coefficient (Wildman–Crippen LogP) is 4.78. The molecule has 2 aromatic carbocycles. The molecule has 1 amide bonds. The number of hydrogen-bond acceptors (Lipinski definition) is 8. The SMILES string of the molecule is C=CCN(CC=C)S(=O)(=O)c1ccc(C(=O)Nc2sc(Cc3ccc4c(c3)OCO4)c(C)c2C(=O)OC)cc1. The summed E-state index contributed by atoms with van der Waals surface area (Å²) in [6.45, 7) is 9.43. The Bertz CT molecular complexity index is 1520. The minimum Gasteiger partial charge on any atom is -0.465 e. The zero-order valence-electron chi connectivity index (χ0n) is 21.6. The van der Waals surface area contributed by atoms with Crippen LogP contribution in [0.15, 0.2) is 72.7 Å². The Morgan fingerprint density at radius 2 is 1.74 bits per heavy atom. The van der Waals surface area contributed by atoms with E-state index in [9.17, 15) is 18.0 Å². The van der Waals surface area contributed by atoms with Crippen LogP contribution < -0.4 is 14.8 Å². The van der Waals surface area contributed by atoms with Crippen LogP contribution in [0.1, 0.15) is 36.7 Å². The molecule has 0 aliphatic carbocycles. The number of carbonyl (C=O) groups is 2. The van der Waals surface area contributed by atoms with Gasteiger partial charge in [0.2, 0.25) is 16.8 Å². The Balaban J connectivity index is 1.57. The number of rotatable bonds is 11. The fraction of sp³-hybridized carbons (Fsp3) is 0.214. The fourth-order valence-corrected chi connectivity index (χ4v) is 6.67. The van der Waals surface area contributed by atoms with Gasteiger partial charge in [-0.2, -0.15) is 4.31 Å². The van der Waals surface area contributed by atoms with E-state index in [1.54, 1.807) is 6.92 Å². The maximum atomic E-state index is 13.1. The van der Waals surface area contributed by atoms with Gasteiger partial charge in [0, 0.05) is 30.0 Å². The first kappa shape index (κ1) is 28.1. The molecule has 204 valence electrons. The first-order chi connectivity index (χ1) is 18.7. The maximum absolute atomic E-state index is 13.1. The van der Waals surface area contributed by atoms with Gasteiger partial charge in [0.15, 0.2) is 11.5 Å². The average Bonchev–Trinajstić information content (AvgIpc) is 3.51. The molecular formula is C28H28N2O7S2. The second-order valence-electron chi connectivity index (χ2n) is 8.59. The summed E-state index contributed by atoms with van der Waals surface area (Å²) in [6, 6.07) is 11.2. The summed E-state index contributed by atoms with van der Waals surface area (Å²) in [6.07, 6.45) is 3.49. The largest absolute Gasteiger partial charge is 0.465 e. The van der Waals surface area contributed by atoms with Crippen LogP contribution in [0.4, 0.5) is 5.00 Å². The Kier molecular flexibility index (Phi) is 8.54. The summed E-state index contributed by atoms with van der Waals surface area (Å²) < 4.78 is 42.9. The Labute approximate surface area is 231 Å². The van der Waals surface area contributed by atoms with Crippen molar-refractivity contribution in [3.8, 4) is 11.5 Å². The molecule has 0 unspecified atom stereocenters. The smallest absolute Gasteiger partial charge is 0.341 e. The Hall–Kier alpha value is -3.93. The molecule has 1 aliphatic heterocycles. The van der Waals surface area contributed by atoms with Gasteiger partial charge in [-0.25, -0.2) is 13.2 Å². The van der Waals surface area contributed by atoms with E-state index in [1.165, 1.54) is 59.2 Å². The van der Waals surface area contributed by atoms with Gasteiger partial charge in [0.25, 0.3) is 5.91 Å². The quantitative estimate of drug-likeness (QED) is 0.262. The van der Waals surface area contributed by atoms with Gasteiger partial charge < -0.3 is 19.5 Å². The highest BCUT2D eigenvalue weighted by molar-refractivity contribution is 7.89. The van der Waals surface area contributed by atoms with Crippen molar-refractivity contribution in [3.63, 3.8) is 0 Å². The standard InChI is InChI=1S/C28H28N2O7S2/c1-5-13-30(14-6-2)39(33,34)21-10-8-20(9-11-21)26(31)29-27-25(28(32)35-4)18(3)24(38-27)16-19-7-12-22-23(15-19)37-17-36-22/h5-12,15H,1-2,13-14,16-17H2,3-4H3,(H,29,31). The highest BCUT2D eigenvalue weighted by atomic mass is 32.2. The van der Waals surface area contributed by atoms with Crippen molar-refractivity contribution < 1.29 is 32.2 Å². The summed E-state index contributed by atoms with van der Waals surface area (Å²) in [5, 5.41) is 3.15. The molecule has 9 nitrogen and oxygen atoms in total. The van der Waals surface area contributed by atoms with Crippen molar-refractivity contribution in [1.82, 2.24) is 4.31 Å². The van der Waals surface area contributed by atoms with Crippen LogP contribution in [0.2, 0.25) is 0 Å². The highest BCUT2D eigenvalue weighted by Crippen LogP contribution is 2.38. The van der Waals surface area contributed by atoms with E-state index in [0.717, 1.165) is 10.4 Å². The molecule has 11 heteroatoms. The number of carbonyl (C=O) groups excluding carboxylic acids is 2. The summed E-state index contributed by atoms with van der Waals surface area (Å²) in [4.78, 5) is 26.6. The van der Waals surface area contributed by atoms with Gasteiger partial charge in [0.05, 0.1) is 17.6 Å². The number of benzene rings is 2. The maximum Gasteiger partial charge on any atom is 0.341 e. The molecule has 2 heterocycles. The van der Waals surface area contributed by atoms with Gasteiger partial charge in [-0.1, -0.05) is 18.2 Å². The summed E-state index contributed by atoms with van der Waals surface area (Å²) >= 11 is 1.28. The molecule has 4 rings (SSSR count). The number of amides is 1. The van der Waals surface area contributed by atoms with Crippen LogP contribution in [-0.2, 0) is 21.2 Å². The number of hydrogen-bond donors (Lipinski definition) is 1. The van der Waals surface area contributed by atoms with Gasteiger partial charge in [-0.15, -0.1) is 24.5 Å². The van der Waals surface area contributed by atoms with Crippen molar-refractivity contribution in [2.45, 2.75) is 18.2 Å². The lowest BCUT2D eigenvalue weighted by Crippen LogP contribution is -2.31. The fourth-order valence-electron chi connectivity index (χ4n) is 4.06. The number of sulfonamides is 1. The second kappa shape index (κ2) is 11.9. The Morgan fingerprint density at radius 3 is 2.38 bits per heavy atom. The van der Waals surface area contributed by atoms with Gasteiger partial charge in [-0.05, 0) is 54.4 Å². The van der Waals surface area contributed by atoms with Gasteiger partial charge >= 0.3 is 5.97 Å². The summed E-state index contributed by atoms with van der Waals surface area (Å²) in [5.41, 5.74) is 2.16. The molecule has 0 radical (unpaired) electrons. The first-order valence-electron chi connectivity index (χ1n) is 11.9. The topological polar surface area (TPSA) is 111 Å². The number of ether oxygens (including phenoxy) is 3. The van der Waals surface area contributed by atoms with Crippen LogP contribution >= 0.6 is 11.3 Å². The zero-order chi connectivity index (χ0) is 28.2. The number of anilines is 1. The number of nitrogens with one attached hydrogen (secondary N) is 1. The third-order valence-electron chi connectivity index (χ3n) is 6.08. The average molecular weight is 569 g/mol. The molecule has 1 N–H and O–H groups in total. The monoisotopic (exact) mass is 568 g/mol. The van der Waals surface area contributed by atoms with E-state index < -0.39 is 21.9 Å². The molecule has 0 saturated heterocycles. The minimum atomic E-state index is -3.80. The minimum absolute atomic E-state index is 0.0379. The highest BCUT2D eigenvalue weighted by Gasteiger charge is 2.26. The van der Waals surface area contributed by atoms with Crippen LogP contribution in [0, 0.1) is 6.92 Å². The number of methoxy groups -OCH3 is 1. The third-order valence-corrected chi connectivity index (χ3v) is 9.14. The molecule has 0 fully saturated rings. The molecule has 3 aromatic rings. The van der Waals surface area contributed by atoms with Crippen LogP contribution in [0.5, 0.6) is 11.5 Å². The first-order valence-corrected chi connectivity index (χ1v) is 14.2. The van der Waals surface area contributed by atoms with Crippen LogP contribution in [0.3, 0.4) is 0 Å². The van der Waals surface area contributed by atoms with Gasteiger partial charge in [-0.3, -0.25) is 4.79 Å². The van der Waals surface area contributed by atoms with E-state index in [2.05, 4.69) is 18.5 Å². The van der Waals surface area contributed by atoms with Gasteiger partial charge in [0.1, 0.15) is 5.00 Å². The molecule has 0 bridgehead atoms. The van der Waals surface area contributed by atoms with E-state index in [0.29, 0.717) is 28.5 Å². The number of nitrogens with zero attached hydrogens (tertiary/aromatic N) is 1. The lowest BCUT2D eigenvalue weighted by Gasteiger charge is -2.19. The predicted molar refractivity (Wildman–Crippen MR) is 149 cm³/mol. The lowest BCUT2D eigenvalue weighted by molar-refractivity contribution is 0.0601. The normalized spacial score (nSPS) is 12.3. The zero-order valence-corrected chi connectivity index (χ0v) is 23.2. The van der Waals surface area contributed by atoms with E-state index >= 15 is 0 Å². The number of thiophene rings is 1.